The molecule has 2 aliphatic carbocycles. The van der Waals surface area contributed by atoms with Crippen molar-refractivity contribution in [3.05, 3.63) is 76.9 Å². The molecule has 0 radical (unpaired) electrons. The van der Waals surface area contributed by atoms with Crippen LogP contribution in [0.25, 0.3) is 11.1 Å². The third kappa shape index (κ3) is 4.23. The number of hydrogen-bond acceptors (Lipinski definition) is 2. The lowest BCUT2D eigenvalue weighted by Crippen LogP contribution is -2.23. The minimum atomic E-state index is -5.60. The van der Waals surface area contributed by atoms with Crippen LogP contribution in [0.5, 0.6) is 0 Å². The number of rotatable bonds is 3. The van der Waals surface area contributed by atoms with Crippen LogP contribution in [0.3, 0.4) is 0 Å². The van der Waals surface area contributed by atoms with Gasteiger partial charge in [0.2, 0.25) is 0 Å². The van der Waals surface area contributed by atoms with Gasteiger partial charge in [-0.1, -0.05) is 30.4 Å². The van der Waals surface area contributed by atoms with Crippen LogP contribution in [0.4, 0.5) is 39.5 Å². The van der Waals surface area contributed by atoms with Gasteiger partial charge in [0.1, 0.15) is 0 Å². The van der Waals surface area contributed by atoms with E-state index in [0.717, 1.165) is 30.3 Å². The second kappa shape index (κ2) is 7.37. The first kappa shape index (κ1) is 24.4. The molecule has 34 heavy (non-hydrogen) atoms. The maximum atomic E-state index is 13.4. The van der Waals surface area contributed by atoms with Gasteiger partial charge in [0, 0.05) is 5.41 Å². The molecule has 2 aromatic carbocycles. The summed E-state index contributed by atoms with van der Waals surface area (Å²) in [5.74, 6) is 0. The Morgan fingerprint density at radius 2 is 1.12 bits per heavy atom. The molecule has 0 heterocycles. The lowest BCUT2D eigenvalue weighted by atomic mass is 9.92. The van der Waals surface area contributed by atoms with Crippen LogP contribution in [-0.2, 0) is 22.2 Å². The van der Waals surface area contributed by atoms with Crippen LogP contribution in [0, 0.1) is 5.41 Å². The second-order valence-electron chi connectivity index (χ2n) is 8.08. The normalized spacial score (nSPS) is 18.1. The molecule has 4 rings (SSSR count). The van der Waals surface area contributed by atoms with E-state index in [1.165, 1.54) is 0 Å². The van der Waals surface area contributed by atoms with Crippen LogP contribution in [0.2, 0.25) is 0 Å². The molecule has 0 saturated heterocycles. The molecule has 2 aromatic rings. The van der Waals surface area contributed by atoms with E-state index in [-0.39, 0.29) is 16.7 Å². The highest BCUT2D eigenvalue weighted by atomic mass is 32.2. The summed E-state index contributed by atoms with van der Waals surface area (Å²) >= 11 is 0. The summed E-state index contributed by atoms with van der Waals surface area (Å²) in [5.41, 5.74) is -9.19. The summed E-state index contributed by atoms with van der Waals surface area (Å²) in [6.07, 6.45) is -5.95. The first-order valence-electron chi connectivity index (χ1n) is 9.61. The topological polar surface area (TPSA) is 34.1 Å². The van der Waals surface area contributed by atoms with Crippen LogP contribution < -0.4 is 0 Å². The number of alkyl halides is 9. The van der Waals surface area contributed by atoms with Crippen molar-refractivity contribution in [3.8, 4) is 0 Å². The SMILES string of the molecule is O=S(=O)(c1ccc(C2=CC3(C=C2c2ccc(C(F)(F)F)c(C(F)(F)F)c2)CC3)cc1)C(F)(F)F. The van der Waals surface area contributed by atoms with Crippen molar-refractivity contribution in [2.75, 3.05) is 0 Å². The Hall–Kier alpha value is -2.76. The predicted molar refractivity (Wildman–Crippen MR) is 104 cm³/mol. The van der Waals surface area contributed by atoms with Crippen molar-refractivity contribution >= 4 is 21.0 Å². The number of halogens is 9. The van der Waals surface area contributed by atoms with E-state index < -0.39 is 49.1 Å². The van der Waals surface area contributed by atoms with Gasteiger partial charge in [0.15, 0.2) is 0 Å². The van der Waals surface area contributed by atoms with Gasteiger partial charge in [0.25, 0.3) is 9.84 Å². The molecule has 0 atom stereocenters. The summed E-state index contributed by atoms with van der Waals surface area (Å²) in [6, 6.07) is 5.25. The fraction of sp³-hybridized carbons (Fsp3) is 0.273. The average molecular weight is 512 g/mol. The Morgan fingerprint density at radius 3 is 1.56 bits per heavy atom. The molecule has 1 fully saturated rings. The predicted octanol–water partition coefficient (Wildman–Crippen LogP) is 7.28. The third-order valence-corrected chi connectivity index (χ3v) is 7.21. The summed E-state index contributed by atoms with van der Waals surface area (Å²) < 4.78 is 141. The van der Waals surface area contributed by atoms with Gasteiger partial charge >= 0.3 is 17.9 Å². The van der Waals surface area contributed by atoms with E-state index in [2.05, 4.69) is 0 Å². The standard InChI is InChI=1S/C22H13F9O2S/c23-20(24,25)17-6-3-13(9-18(17)21(26,27)28)16-11-19(7-8-19)10-15(16)12-1-4-14(5-2-12)34(32,33)22(29,30)31/h1-6,9-11H,7-8H2. The Kier molecular flexibility index (Phi) is 5.28. The van der Waals surface area contributed by atoms with Crippen LogP contribution in [-0.4, -0.2) is 13.9 Å². The van der Waals surface area contributed by atoms with E-state index in [4.69, 9.17) is 0 Å². The Bertz CT molecular complexity index is 1310. The molecule has 1 saturated carbocycles. The number of allylic oxidation sites excluding steroid dienone is 4. The van der Waals surface area contributed by atoms with Gasteiger partial charge in [-0.05, 0) is 59.4 Å². The van der Waals surface area contributed by atoms with Gasteiger partial charge in [-0.25, -0.2) is 8.42 Å². The van der Waals surface area contributed by atoms with Crippen molar-refractivity contribution in [3.63, 3.8) is 0 Å². The van der Waals surface area contributed by atoms with E-state index in [1.54, 1.807) is 12.2 Å². The van der Waals surface area contributed by atoms with Crippen LogP contribution in [0.1, 0.15) is 35.1 Å². The quantitative estimate of drug-likeness (QED) is 0.405. The minimum absolute atomic E-state index is 0.151. The smallest absolute Gasteiger partial charge is 0.214 e. The van der Waals surface area contributed by atoms with Crippen molar-refractivity contribution in [2.24, 2.45) is 5.41 Å². The van der Waals surface area contributed by atoms with Gasteiger partial charge < -0.3 is 0 Å². The zero-order chi connectivity index (χ0) is 25.3. The highest BCUT2D eigenvalue weighted by molar-refractivity contribution is 7.92. The summed E-state index contributed by atoms with van der Waals surface area (Å²) in [6.45, 7) is 0. The summed E-state index contributed by atoms with van der Waals surface area (Å²) in [5, 5.41) is 0. The van der Waals surface area contributed by atoms with Gasteiger partial charge in [0.05, 0.1) is 16.0 Å². The molecule has 0 unspecified atom stereocenters. The third-order valence-electron chi connectivity index (χ3n) is 5.70. The minimum Gasteiger partial charge on any atom is -0.214 e. The van der Waals surface area contributed by atoms with E-state index >= 15 is 0 Å². The fourth-order valence-corrected chi connectivity index (χ4v) is 4.59. The molecule has 182 valence electrons. The summed E-state index contributed by atoms with van der Waals surface area (Å²) in [4.78, 5) is -1.01. The Morgan fingerprint density at radius 1 is 0.647 bits per heavy atom. The monoisotopic (exact) mass is 512 g/mol. The molecule has 0 amide bonds. The van der Waals surface area contributed by atoms with E-state index in [0.29, 0.717) is 30.5 Å². The fourth-order valence-electron chi connectivity index (χ4n) is 3.82. The molecular formula is C22H13F9O2S. The van der Waals surface area contributed by atoms with Crippen molar-refractivity contribution in [1.29, 1.82) is 0 Å². The van der Waals surface area contributed by atoms with Gasteiger partial charge in [-0.3, -0.25) is 0 Å². The lowest BCUT2D eigenvalue weighted by Gasteiger charge is -2.18. The first-order valence-corrected chi connectivity index (χ1v) is 11.1. The largest absolute Gasteiger partial charge is 0.501 e. The maximum absolute atomic E-state index is 13.4. The van der Waals surface area contributed by atoms with Crippen LogP contribution in [0.15, 0.2) is 59.5 Å². The van der Waals surface area contributed by atoms with Crippen molar-refractivity contribution in [1.82, 2.24) is 0 Å². The zero-order valence-electron chi connectivity index (χ0n) is 16.7. The lowest BCUT2D eigenvalue weighted by molar-refractivity contribution is -0.162. The molecule has 0 N–H and O–H groups in total. The highest BCUT2D eigenvalue weighted by Gasteiger charge is 2.48. The average Bonchev–Trinajstić information content (AvgIpc) is 3.35. The molecule has 0 aromatic heterocycles. The molecule has 1 spiro atoms. The van der Waals surface area contributed by atoms with E-state index in [9.17, 15) is 47.9 Å². The van der Waals surface area contributed by atoms with Crippen LogP contribution >= 0.6 is 0 Å². The van der Waals surface area contributed by atoms with E-state index in [1.807, 2.05) is 0 Å². The van der Waals surface area contributed by atoms with Gasteiger partial charge in [-0.15, -0.1) is 0 Å². The molecule has 0 bridgehead atoms. The van der Waals surface area contributed by atoms with Gasteiger partial charge in [-0.2, -0.15) is 39.5 Å². The highest BCUT2D eigenvalue weighted by Crippen LogP contribution is 2.58. The second-order valence-corrected chi connectivity index (χ2v) is 10.0. The van der Waals surface area contributed by atoms with Crippen molar-refractivity contribution < 1.29 is 47.9 Å². The first-order chi connectivity index (χ1) is 15.4. The number of benzene rings is 2. The molecular weight excluding hydrogens is 499 g/mol. The zero-order valence-corrected chi connectivity index (χ0v) is 17.6. The van der Waals surface area contributed by atoms with Crippen molar-refractivity contribution in [2.45, 2.75) is 35.6 Å². The maximum Gasteiger partial charge on any atom is 0.501 e. The Labute approximate surface area is 187 Å². The molecule has 12 heteroatoms. The Balaban J connectivity index is 1.78. The molecule has 2 nitrogen and oxygen atoms in total. The number of hydrogen-bond donors (Lipinski definition) is 0. The number of sulfone groups is 1. The molecule has 0 aliphatic heterocycles. The molecule has 2 aliphatic rings. The summed E-state index contributed by atoms with van der Waals surface area (Å²) in [7, 11) is -5.60.